The van der Waals surface area contributed by atoms with Gasteiger partial charge in [0.15, 0.2) is 0 Å². The first-order valence-electron chi connectivity index (χ1n) is 3.22. The highest BCUT2D eigenvalue weighted by molar-refractivity contribution is 9.10. The molecule has 0 fully saturated rings. The third kappa shape index (κ3) is 1.40. The molecular weight excluding hydrogens is 239 g/mol. The Bertz CT molecular complexity index is 342. The van der Waals surface area contributed by atoms with E-state index in [0.29, 0.717) is 20.7 Å². The van der Waals surface area contributed by atoms with Crippen LogP contribution in [0, 0.1) is 18.3 Å². The van der Waals surface area contributed by atoms with E-state index in [1.54, 1.807) is 6.07 Å². The van der Waals surface area contributed by atoms with E-state index < -0.39 is 0 Å². The van der Waals surface area contributed by atoms with Gasteiger partial charge in [-0.1, -0.05) is 11.6 Å². The Kier molecular flexibility index (Phi) is 2.61. The Balaban J connectivity index is 3.56. The molecule has 2 nitrogen and oxygen atoms in total. The Morgan fingerprint density at radius 2 is 2.25 bits per heavy atom. The molecule has 4 heteroatoms. The lowest BCUT2D eigenvalue weighted by atomic mass is 10.1. The summed E-state index contributed by atoms with van der Waals surface area (Å²) in [5.41, 5.74) is 7.18. The predicted molar refractivity (Wildman–Crippen MR) is 53.0 cm³/mol. The number of benzene rings is 1. The lowest BCUT2D eigenvalue weighted by molar-refractivity contribution is 1.40. The summed E-state index contributed by atoms with van der Waals surface area (Å²) in [5.74, 6) is 0. The number of nitrogen functional groups attached to an aromatic ring is 1. The van der Waals surface area contributed by atoms with Gasteiger partial charge < -0.3 is 5.73 Å². The first kappa shape index (κ1) is 9.37. The first-order chi connectivity index (χ1) is 5.57. The molecule has 0 amide bonds. The van der Waals surface area contributed by atoms with Crippen molar-refractivity contribution in [1.82, 2.24) is 0 Å². The van der Waals surface area contributed by atoms with Gasteiger partial charge in [0, 0.05) is 4.47 Å². The van der Waals surface area contributed by atoms with Crippen molar-refractivity contribution in [3.63, 3.8) is 0 Å². The van der Waals surface area contributed by atoms with E-state index in [-0.39, 0.29) is 0 Å². The Labute approximate surface area is 84.1 Å². The lowest BCUT2D eigenvalue weighted by Crippen LogP contribution is -1.94. The smallest absolute Gasteiger partial charge is 0.103 e. The molecule has 0 aliphatic carbocycles. The van der Waals surface area contributed by atoms with Crippen LogP contribution in [0.5, 0.6) is 0 Å². The zero-order chi connectivity index (χ0) is 9.30. The van der Waals surface area contributed by atoms with Crippen LogP contribution in [0.25, 0.3) is 0 Å². The SMILES string of the molecule is Cc1cc(Br)c(N)c(C#N)c1Cl. The van der Waals surface area contributed by atoms with Crippen LogP contribution in [-0.4, -0.2) is 0 Å². The molecule has 0 saturated carbocycles. The molecule has 0 bridgehead atoms. The van der Waals surface area contributed by atoms with Crippen LogP contribution in [0.4, 0.5) is 5.69 Å². The Morgan fingerprint density at radius 3 is 2.75 bits per heavy atom. The maximum absolute atomic E-state index is 8.71. The van der Waals surface area contributed by atoms with Gasteiger partial charge in [0.2, 0.25) is 0 Å². The lowest BCUT2D eigenvalue weighted by Gasteiger charge is -2.05. The summed E-state index contributed by atoms with van der Waals surface area (Å²) in [6, 6.07) is 3.75. The topological polar surface area (TPSA) is 49.8 Å². The van der Waals surface area contributed by atoms with E-state index in [4.69, 9.17) is 22.6 Å². The molecule has 0 heterocycles. The standard InChI is InChI=1S/C8H6BrClN2/c1-4-2-6(9)8(12)5(3-11)7(4)10/h2H,12H2,1H3. The summed E-state index contributed by atoms with van der Waals surface area (Å²) in [6.45, 7) is 1.83. The van der Waals surface area contributed by atoms with E-state index in [9.17, 15) is 0 Å². The van der Waals surface area contributed by atoms with Gasteiger partial charge in [-0.15, -0.1) is 0 Å². The van der Waals surface area contributed by atoms with Crippen molar-refractivity contribution < 1.29 is 0 Å². The van der Waals surface area contributed by atoms with Crippen LogP contribution < -0.4 is 5.73 Å². The van der Waals surface area contributed by atoms with Crippen LogP contribution in [0.3, 0.4) is 0 Å². The van der Waals surface area contributed by atoms with Crippen LogP contribution in [0.2, 0.25) is 5.02 Å². The highest BCUT2D eigenvalue weighted by Gasteiger charge is 2.10. The average Bonchev–Trinajstić information content (AvgIpc) is 2.02. The number of aryl methyl sites for hydroxylation is 1. The van der Waals surface area contributed by atoms with Gasteiger partial charge in [0.05, 0.1) is 16.3 Å². The molecule has 0 aliphatic rings. The van der Waals surface area contributed by atoms with Crippen molar-refractivity contribution in [2.24, 2.45) is 0 Å². The number of nitrogens with two attached hydrogens (primary N) is 1. The summed E-state index contributed by atoms with van der Waals surface area (Å²) in [6.07, 6.45) is 0. The Morgan fingerprint density at radius 1 is 1.67 bits per heavy atom. The second-order valence-corrected chi connectivity index (χ2v) is 3.62. The molecule has 0 saturated heterocycles. The van der Waals surface area contributed by atoms with Crippen LogP contribution in [-0.2, 0) is 0 Å². The summed E-state index contributed by atoms with van der Waals surface area (Å²) >= 11 is 9.08. The molecule has 12 heavy (non-hydrogen) atoms. The minimum atomic E-state index is 0.337. The number of halogens is 2. The van der Waals surface area contributed by atoms with Crippen molar-refractivity contribution in [3.05, 3.63) is 26.7 Å². The van der Waals surface area contributed by atoms with Gasteiger partial charge >= 0.3 is 0 Å². The largest absolute Gasteiger partial charge is 0.397 e. The molecule has 0 aliphatic heterocycles. The second-order valence-electron chi connectivity index (χ2n) is 2.39. The zero-order valence-electron chi connectivity index (χ0n) is 6.36. The fraction of sp³-hybridized carbons (Fsp3) is 0.125. The Hall–Kier alpha value is -0.720. The molecule has 1 aromatic rings. The normalized spacial score (nSPS) is 9.50. The molecule has 1 aromatic carbocycles. The molecule has 1 rings (SSSR count). The van der Waals surface area contributed by atoms with Crippen molar-refractivity contribution in [1.29, 1.82) is 5.26 Å². The molecule has 0 unspecified atom stereocenters. The predicted octanol–water partition coefficient (Wildman–Crippen LogP) is 2.86. The molecule has 0 atom stereocenters. The van der Waals surface area contributed by atoms with Gasteiger partial charge in [-0.05, 0) is 34.5 Å². The number of rotatable bonds is 0. The maximum Gasteiger partial charge on any atom is 0.103 e. The third-order valence-electron chi connectivity index (χ3n) is 1.55. The van der Waals surface area contributed by atoms with Crippen molar-refractivity contribution in [2.45, 2.75) is 6.92 Å². The van der Waals surface area contributed by atoms with Crippen LogP contribution in [0.1, 0.15) is 11.1 Å². The van der Waals surface area contributed by atoms with Gasteiger partial charge in [-0.25, -0.2) is 0 Å². The minimum Gasteiger partial charge on any atom is -0.397 e. The molecule has 2 N–H and O–H groups in total. The van der Waals surface area contributed by atoms with E-state index >= 15 is 0 Å². The highest BCUT2D eigenvalue weighted by atomic mass is 79.9. The minimum absolute atomic E-state index is 0.337. The second kappa shape index (κ2) is 3.34. The number of hydrogen-bond acceptors (Lipinski definition) is 2. The van der Waals surface area contributed by atoms with Gasteiger partial charge in [-0.3, -0.25) is 0 Å². The number of nitrogens with zero attached hydrogens (tertiary/aromatic N) is 1. The fourth-order valence-corrected chi connectivity index (χ4v) is 1.62. The molecular formula is C8H6BrClN2. The number of hydrogen-bond donors (Lipinski definition) is 1. The monoisotopic (exact) mass is 244 g/mol. The van der Waals surface area contributed by atoms with Crippen LogP contribution >= 0.6 is 27.5 Å². The van der Waals surface area contributed by atoms with Gasteiger partial charge in [0.25, 0.3) is 0 Å². The van der Waals surface area contributed by atoms with Crippen LogP contribution in [0.15, 0.2) is 10.5 Å². The molecule has 0 radical (unpaired) electrons. The maximum atomic E-state index is 8.71. The van der Waals surface area contributed by atoms with E-state index in [1.165, 1.54) is 0 Å². The molecule has 0 spiro atoms. The van der Waals surface area contributed by atoms with E-state index in [2.05, 4.69) is 15.9 Å². The fourth-order valence-electron chi connectivity index (χ4n) is 0.875. The van der Waals surface area contributed by atoms with Gasteiger partial charge in [0.1, 0.15) is 6.07 Å². The van der Waals surface area contributed by atoms with Crippen molar-refractivity contribution in [2.75, 3.05) is 5.73 Å². The number of anilines is 1. The summed E-state index contributed by atoms with van der Waals surface area (Å²) in [7, 11) is 0. The number of nitriles is 1. The average molecular weight is 246 g/mol. The summed E-state index contributed by atoms with van der Waals surface area (Å²) < 4.78 is 0.709. The van der Waals surface area contributed by atoms with E-state index in [1.807, 2.05) is 13.0 Å². The third-order valence-corrected chi connectivity index (χ3v) is 2.69. The summed E-state index contributed by atoms with van der Waals surface area (Å²) in [4.78, 5) is 0. The van der Waals surface area contributed by atoms with E-state index in [0.717, 1.165) is 5.56 Å². The van der Waals surface area contributed by atoms with Crippen molar-refractivity contribution in [3.8, 4) is 6.07 Å². The molecule has 62 valence electrons. The quantitative estimate of drug-likeness (QED) is 0.715. The van der Waals surface area contributed by atoms with Gasteiger partial charge in [-0.2, -0.15) is 5.26 Å². The molecule has 0 aromatic heterocycles. The zero-order valence-corrected chi connectivity index (χ0v) is 8.70. The van der Waals surface area contributed by atoms with Crippen molar-refractivity contribution >= 4 is 33.2 Å². The highest BCUT2D eigenvalue weighted by Crippen LogP contribution is 2.31. The summed E-state index contributed by atoms with van der Waals surface area (Å²) in [5, 5.41) is 9.14. The first-order valence-corrected chi connectivity index (χ1v) is 4.39.